The number of nitrogens with two attached hydrogens (primary N) is 1. The lowest BCUT2D eigenvalue weighted by molar-refractivity contribution is 0.593. The van der Waals surface area contributed by atoms with E-state index in [-0.39, 0.29) is 5.82 Å². The van der Waals surface area contributed by atoms with E-state index in [2.05, 4.69) is 31.9 Å². The fraction of sp³-hybridized carbons (Fsp3) is 0.143. The van der Waals surface area contributed by atoms with Crippen LogP contribution in [-0.4, -0.2) is 0 Å². The third-order valence-electron chi connectivity index (χ3n) is 2.89. The molecule has 2 rings (SSSR count). The molecular weight excluding hydrogens is 361 g/mol. The van der Waals surface area contributed by atoms with Gasteiger partial charge in [0, 0.05) is 10.0 Å². The molecule has 0 saturated heterocycles. The molecule has 0 aliphatic carbocycles. The highest BCUT2D eigenvalue weighted by Crippen LogP contribution is 2.29. The quantitative estimate of drug-likeness (QED) is 0.811. The Bertz CT molecular complexity index is 582. The van der Waals surface area contributed by atoms with Gasteiger partial charge in [-0.15, -0.1) is 0 Å². The lowest BCUT2D eigenvalue weighted by Crippen LogP contribution is -2.15. The van der Waals surface area contributed by atoms with Crippen LogP contribution in [-0.2, 0) is 0 Å². The highest BCUT2D eigenvalue weighted by Gasteiger charge is 2.17. The summed E-state index contributed by atoms with van der Waals surface area (Å²) in [6, 6.07) is 10.5. The van der Waals surface area contributed by atoms with Crippen LogP contribution >= 0.6 is 31.9 Å². The molecule has 1 atom stereocenters. The average Bonchev–Trinajstić information content (AvgIpc) is 2.35. The van der Waals surface area contributed by atoms with Crippen LogP contribution in [0.2, 0.25) is 0 Å². The van der Waals surface area contributed by atoms with Crippen molar-refractivity contribution in [1.82, 2.24) is 0 Å². The molecule has 0 bridgehead atoms. The summed E-state index contributed by atoms with van der Waals surface area (Å²) in [4.78, 5) is 0. The normalized spacial score (nSPS) is 12.5. The van der Waals surface area contributed by atoms with E-state index in [9.17, 15) is 4.39 Å². The maximum absolute atomic E-state index is 14.0. The van der Waals surface area contributed by atoms with Crippen LogP contribution in [0.15, 0.2) is 45.3 Å². The first-order chi connectivity index (χ1) is 8.50. The molecule has 0 aliphatic rings. The standard InChI is InChI=1S/C14H12Br2FN/c1-8-5-6-9(15)7-11(8)14(18)10-3-2-4-12(16)13(10)17/h2-7,14H,18H2,1H3. The SMILES string of the molecule is Cc1ccc(Br)cc1C(N)c1cccc(Br)c1F. The molecule has 2 aromatic carbocycles. The number of hydrogen-bond donors (Lipinski definition) is 1. The second-order valence-corrected chi connectivity index (χ2v) is 5.89. The summed E-state index contributed by atoms with van der Waals surface area (Å²) in [5, 5.41) is 0. The number of benzene rings is 2. The molecule has 0 saturated carbocycles. The van der Waals surface area contributed by atoms with E-state index in [4.69, 9.17) is 5.73 Å². The maximum Gasteiger partial charge on any atom is 0.142 e. The van der Waals surface area contributed by atoms with Gasteiger partial charge in [0.2, 0.25) is 0 Å². The Hall–Kier alpha value is -0.710. The minimum absolute atomic E-state index is 0.302. The molecule has 1 nitrogen and oxygen atoms in total. The molecule has 2 aromatic rings. The molecule has 1 unspecified atom stereocenters. The average molecular weight is 373 g/mol. The minimum Gasteiger partial charge on any atom is -0.320 e. The van der Waals surface area contributed by atoms with E-state index in [0.717, 1.165) is 15.6 Å². The lowest BCUT2D eigenvalue weighted by atomic mass is 9.95. The molecule has 0 amide bonds. The Morgan fingerprint density at radius 2 is 1.83 bits per heavy atom. The lowest BCUT2D eigenvalue weighted by Gasteiger charge is -2.17. The molecule has 4 heteroatoms. The van der Waals surface area contributed by atoms with E-state index in [0.29, 0.717) is 10.0 Å². The third-order valence-corrected chi connectivity index (χ3v) is 4.00. The summed E-state index contributed by atoms with van der Waals surface area (Å²) in [6.07, 6.45) is 0. The van der Waals surface area contributed by atoms with Gasteiger partial charge in [0.05, 0.1) is 10.5 Å². The number of rotatable bonds is 2. The predicted octanol–water partition coefficient (Wildman–Crippen LogP) is 4.71. The van der Waals surface area contributed by atoms with Gasteiger partial charge in [-0.05, 0) is 52.2 Å². The van der Waals surface area contributed by atoms with Gasteiger partial charge in [-0.1, -0.05) is 34.1 Å². The van der Waals surface area contributed by atoms with Crippen molar-refractivity contribution in [2.24, 2.45) is 5.73 Å². The van der Waals surface area contributed by atoms with E-state index >= 15 is 0 Å². The molecular formula is C14H12Br2FN. The molecule has 0 fully saturated rings. The third kappa shape index (κ3) is 2.66. The number of hydrogen-bond acceptors (Lipinski definition) is 1. The fourth-order valence-electron chi connectivity index (χ4n) is 1.87. The summed E-state index contributed by atoms with van der Waals surface area (Å²) < 4.78 is 15.4. The Labute approximate surface area is 122 Å². The summed E-state index contributed by atoms with van der Waals surface area (Å²) >= 11 is 6.59. The second kappa shape index (κ2) is 5.51. The topological polar surface area (TPSA) is 26.0 Å². The fourth-order valence-corrected chi connectivity index (χ4v) is 2.63. The van der Waals surface area contributed by atoms with Gasteiger partial charge in [0.1, 0.15) is 5.82 Å². The first kappa shape index (κ1) is 13.7. The first-order valence-corrected chi connectivity index (χ1v) is 7.05. The van der Waals surface area contributed by atoms with Crippen molar-refractivity contribution in [1.29, 1.82) is 0 Å². The van der Waals surface area contributed by atoms with Crippen molar-refractivity contribution in [3.8, 4) is 0 Å². The largest absolute Gasteiger partial charge is 0.320 e. The molecule has 18 heavy (non-hydrogen) atoms. The van der Waals surface area contributed by atoms with Crippen molar-refractivity contribution in [2.45, 2.75) is 13.0 Å². The predicted molar refractivity (Wildman–Crippen MR) is 79.0 cm³/mol. The van der Waals surface area contributed by atoms with Crippen LogP contribution in [0.3, 0.4) is 0 Å². The summed E-state index contributed by atoms with van der Waals surface area (Å²) in [7, 11) is 0. The number of halogens is 3. The van der Waals surface area contributed by atoms with Crippen molar-refractivity contribution in [2.75, 3.05) is 0 Å². The van der Waals surface area contributed by atoms with Gasteiger partial charge in [0.15, 0.2) is 0 Å². The van der Waals surface area contributed by atoms with Gasteiger partial charge in [0.25, 0.3) is 0 Å². The first-order valence-electron chi connectivity index (χ1n) is 5.46. The van der Waals surface area contributed by atoms with Crippen LogP contribution in [0.1, 0.15) is 22.7 Å². The molecule has 0 aliphatic heterocycles. The van der Waals surface area contributed by atoms with Crippen LogP contribution in [0.5, 0.6) is 0 Å². The second-order valence-electron chi connectivity index (χ2n) is 4.12. The Balaban J connectivity index is 2.51. The Morgan fingerprint density at radius 1 is 1.11 bits per heavy atom. The highest BCUT2D eigenvalue weighted by molar-refractivity contribution is 9.10. The van der Waals surface area contributed by atoms with E-state index < -0.39 is 6.04 Å². The van der Waals surface area contributed by atoms with Gasteiger partial charge < -0.3 is 5.73 Å². The zero-order valence-electron chi connectivity index (χ0n) is 9.75. The zero-order valence-corrected chi connectivity index (χ0v) is 12.9. The molecule has 0 spiro atoms. The maximum atomic E-state index is 14.0. The molecule has 94 valence electrons. The summed E-state index contributed by atoms with van der Waals surface area (Å²) in [5.74, 6) is -0.302. The smallest absolute Gasteiger partial charge is 0.142 e. The monoisotopic (exact) mass is 371 g/mol. The van der Waals surface area contributed by atoms with Crippen molar-refractivity contribution in [3.05, 3.63) is 67.9 Å². The highest BCUT2D eigenvalue weighted by atomic mass is 79.9. The van der Waals surface area contributed by atoms with Gasteiger partial charge in [-0.2, -0.15) is 0 Å². The van der Waals surface area contributed by atoms with Crippen LogP contribution in [0.25, 0.3) is 0 Å². The van der Waals surface area contributed by atoms with Gasteiger partial charge in [-0.3, -0.25) is 0 Å². The van der Waals surface area contributed by atoms with E-state index in [1.807, 2.05) is 25.1 Å². The summed E-state index contributed by atoms with van der Waals surface area (Å²) in [6.45, 7) is 1.97. The van der Waals surface area contributed by atoms with Crippen molar-refractivity contribution >= 4 is 31.9 Å². The van der Waals surface area contributed by atoms with Crippen LogP contribution in [0, 0.1) is 12.7 Å². The molecule has 0 aromatic heterocycles. The van der Waals surface area contributed by atoms with Crippen LogP contribution < -0.4 is 5.73 Å². The zero-order chi connectivity index (χ0) is 13.3. The number of aryl methyl sites for hydroxylation is 1. The van der Waals surface area contributed by atoms with E-state index in [1.165, 1.54) is 0 Å². The van der Waals surface area contributed by atoms with Crippen molar-refractivity contribution in [3.63, 3.8) is 0 Å². The van der Waals surface area contributed by atoms with Gasteiger partial charge in [-0.25, -0.2) is 4.39 Å². The molecule has 0 heterocycles. The van der Waals surface area contributed by atoms with Crippen LogP contribution in [0.4, 0.5) is 4.39 Å². The van der Waals surface area contributed by atoms with Crippen molar-refractivity contribution < 1.29 is 4.39 Å². The minimum atomic E-state index is -0.472. The van der Waals surface area contributed by atoms with Gasteiger partial charge >= 0.3 is 0 Å². The Morgan fingerprint density at radius 3 is 2.56 bits per heavy atom. The molecule has 0 radical (unpaired) electrons. The molecule has 2 N–H and O–H groups in total. The van der Waals surface area contributed by atoms with E-state index in [1.54, 1.807) is 18.2 Å². The summed E-state index contributed by atoms with van der Waals surface area (Å²) in [5.41, 5.74) is 8.63. The Kier molecular flexibility index (Phi) is 4.20.